The van der Waals surface area contributed by atoms with Gasteiger partial charge in [-0.05, 0) is 62.3 Å². The van der Waals surface area contributed by atoms with Crippen LogP contribution >= 0.6 is 11.6 Å². The average Bonchev–Trinajstić information content (AvgIpc) is 2.69. The Hall–Kier alpha value is -1.59. The zero-order valence-electron chi connectivity index (χ0n) is 16.9. The van der Waals surface area contributed by atoms with Gasteiger partial charge in [-0.2, -0.15) is 0 Å². The van der Waals surface area contributed by atoms with Crippen molar-refractivity contribution in [3.63, 3.8) is 0 Å². The molecule has 6 heteroatoms. The molecule has 2 aliphatic heterocycles. The molecule has 2 heterocycles. The Kier molecular flexibility index (Phi) is 7.74. The first-order chi connectivity index (χ1) is 13.5. The van der Waals surface area contributed by atoms with Gasteiger partial charge in [0.15, 0.2) is 0 Å². The van der Waals surface area contributed by atoms with Gasteiger partial charge < -0.3 is 14.7 Å². The SMILES string of the molecule is CN(CC1CCCN(CCc2ccc(Cl)cc2)C1)C(=O)CN1CCCCC1=O. The van der Waals surface area contributed by atoms with E-state index in [1.807, 2.05) is 24.1 Å². The van der Waals surface area contributed by atoms with Gasteiger partial charge in [-0.1, -0.05) is 23.7 Å². The van der Waals surface area contributed by atoms with Gasteiger partial charge in [0.05, 0.1) is 6.54 Å². The summed E-state index contributed by atoms with van der Waals surface area (Å²) < 4.78 is 0. The number of carbonyl (C=O) groups is 2. The standard InChI is InChI=1S/C22H32ClN3O2/c1-24(22(28)17-26-13-3-2-6-21(26)27)15-19-5-4-12-25(16-19)14-11-18-7-9-20(23)10-8-18/h7-10,19H,2-6,11-17H2,1H3. The lowest BCUT2D eigenvalue weighted by molar-refractivity contribution is -0.141. The van der Waals surface area contributed by atoms with Gasteiger partial charge in [0.25, 0.3) is 0 Å². The summed E-state index contributed by atoms with van der Waals surface area (Å²) >= 11 is 5.96. The molecule has 1 atom stereocenters. The maximum Gasteiger partial charge on any atom is 0.241 e. The monoisotopic (exact) mass is 405 g/mol. The van der Waals surface area contributed by atoms with Gasteiger partial charge in [-0.15, -0.1) is 0 Å². The molecule has 0 spiro atoms. The molecule has 1 unspecified atom stereocenters. The summed E-state index contributed by atoms with van der Waals surface area (Å²) in [4.78, 5) is 30.6. The van der Waals surface area contributed by atoms with Crippen molar-refractivity contribution in [2.75, 3.05) is 46.3 Å². The number of rotatable bonds is 7. The Morgan fingerprint density at radius 1 is 1.18 bits per heavy atom. The highest BCUT2D eigenvalue weighted by Crippen LogP contribution is 2.19. The molecule has 0 bridgehead atoms. The van der Waals surface area contributed by atoms with E-state index in [0.29, 0.717) is 12.3 Å². The third kappa shape index (κ3) is 6.21. The van der Waals surface area contributed by atoms with Crippen LogP contribution in [-0.4, -0.2) is 72.8 Å². The molecule has 2 aliphatic rings. The molecule has 0 aromatic heterocycles. The first-order valence-electron chi connectivity index (χ1n) is 10.5. The predicted octanol–water partition coefficient (Wildman–Crippen LogP) is 3.07. The van der Waals surface area contributed by atoms with Gasteiger partial charge >= 0.3 is 0 Å². The number of nitrogens with zero attached hydrogens (tertiary/aromatic N) is 3. The van der Waals surface area contributed by atoms with Crippen molar-refractivity contribution >= 4 is 23.4 Å². The summed E-state index contributed by atoms with van der Waals surface area (Å²) in [6.45, 7) is 4.94. The third-order valence-corrected chi connectivity index (χ3v) is 6.19. The topological polar surface area (TPSA) is 43.9 Å². The normalized spacial score (nSPS) is 21.0. The second kappa shape index (κ2) is 10.3. The van der Waals surface area contributed by atoms with Crippen LogP contribution in [0, 0.1) is 5.92 Å². The number of benzene rings is 1. The minimum Gasteiger partial charge on any atom is -0.344 e. The van der Waals surface area contributed by atoms with E-state index in [4.69, 9.17) is 11.6 Å². The van der Waals surface area contributed by atoms with Crippen LogP contribution in [0.2, 0.25) is 5.02 Å². The summed E-state index contributed by atoms with van der Waals surface area (Å²) in [7, 11) is 1.88. The lowest BCUT2D eigenvalue weighted by atomic mass is 9.97. The summed E-state index contributed by atoms with van der Waals surface area (Å²) in [5.74, 6) is 0.692. The molecule has 1 aromatic rings. The second-order valence-electron chi connectivity index (χ2n) is 8.23. The molecule has 3 rings (SSSR count). The van der Waals surface area contributed by atoms with E-state index in [1.54, 1.807) is 4.90 Å². The minimum atomic E-state index is 0.0635. The average molecular weight is 406 g/mol. The molecule has 0 saturated carbocycles. The summed E-state index contributed by atoms with van der Waals surface area (Å²) in [6, 6.07) is 8.09. The molecule has 1 aromatic carbocycles. The van der Waals surface area contributed by atoms with Gasteiger partial charge in [-0.25, -0.2) is 0 Å². The number of hydrogen-bond acceptors (Lipinski definition) is 3. The van der Waals surface area contributed by atoms with Crippen LogP contribution in [0.25, 0.3) is 0 Å². The number of hydrogen-bond donors (Lipinski definition) is 0. The summed E-state index contributed by atoms with van der Waals surface area (Å²) in [5.41, 5.74) is 1.31. The highest BCUT2D eigenvalue weighted by molar-refractivity contribution is 6.30. The minimum absolute atomic E-state index is 0.0635. The van der Waals surface area contributed by atoms with Crippen LogP contribution in [0.4, 0.5) is 0 Å². The van der Waals surface area contributed by atoms with Crippen molar-refractivity contribution in [1.82, 2.24) is 14.7 Å². The van der Waals surface area contributed by atoms with Gasteiger partial charge in [0.1, 0.15) is 0 Å². The van der Waals surface area contributed by atoms with E-state index < -0.39 is 0 Å². The molecule has 0 aliphatic carbocycles. The third-order valence-electron chi connectivity index (χ3n) is 5.94. The fourth-order valence-corrected chi connectivity index (χ4v) is 4.37. The van der Waals surface area contributed by atoms with Crippen LogP contribution in [0.5, 0.6) is 0 Å². The fraction of sp³-hybridized carbons (Fsp3) is 0.636. The Labute approximate surface area is 173 Å². The van der Waals surface area contributed by atoms with Crippen molar-refractivity contribution in [1.29, 1.82) is 0 Å². The Morgan fingerprint density at radius 3 is 2.71 bits per heavy atom. The molecule has 154 valence electrons. The number of carbonyl (C=O) groups excluding carboxylic acids is 2. The van der Waals surface area contributed by atoms with Gasteiger partial charge in [-0.3, -0.25) is 9.59 Å². The first kappa shape index (κ1) is 21.1. The van der Waals surface area contributed by atoms with Crippen LogP contribution in [0.3, 0.4) is 0 Å². The number of piperidine rings is 2. The largest absolute Gasteiger partial charge is 0.344 e. The lowest BCUT2D eigenvalue weighted by Crippen LogP contribution is -2.46. The number of likely N-dealkylation sites (N-methyl/N-ethyl adjacent to an activating group) is 1. The molecule has 5 nitrogen and oxygen atoms in total. The molecule has 0 radical (unpaired) electrons. The zero-order chi connectivity index (χ0) is 19.9. The Balaban J connectivity index is 1.42. The molecule has 2 fully saturated rings. The quantitative estimate of drug-likeness (QED) is 0.700. The van der Waals surface area contributed by atoms with Gasteiger partial charge in [0.2, 0.25) is 11.8 Å². The van der Waals surface area contributed by atoms with E-state index in [9.17, 15) is 9.59 Å². The van der Waals surface area contributed by atoms with Crippen LogP contribution in [0.1, 0.15) is 37.7 Å². The first-order valence-corrected chi connectivity index (χ1v) is 10.9. The second-order valence-corrected chi connectivity index (χ2v) is 8.67. The smallest absolute Gasteiger partial charge is 0.241 e. The number of halogens is 1. The molecular formula is C22H32ClN3O2. The predicted molar refractivity (Wildman–Crippen MR) is 112 cm³/mol. The van der Waals surface area contributed by atoms with E-state index in [2.05, 4.69) is 17.0 Å². The highest BCUT2D eigenvalue weighted by atomic mass is 35.5. The molecular weight excluding hydrogens is 374 g/mol. The molecule has 2 amide bonds. The van der Waals surface area contributed by atoms with Crippen LogP contribution in [-0.2, 0) is 16.0 Å². The van der Waals surface area contributed by atoms with Gasteiger partial charge in [0, 0.05) is 44.7 Å². The van der Waals surface area contributed by atoms with E-state index >= 15 is 0 Å². The lowest BCUT2D eigenvalue weighted by Gasteiger charge is -2.35. The van der Waals surface area contributed by atoms with Crippen LogP contribution in [0.15, 0.2) is 24.3 Å². The maximum absolute atomic E-state index is 12.6. The summed E-state index contributed by atoms with van der Waals surface area (Å²) in [6.07, 6.45) is 5.91. The zero-order valence-corrected chi connectivity index (χ0v) is 17.7. The highest BCUT2D eigenvalue weighted by Gasteiger charge is 2.25. The van der Waals surface area contributed by atoms with E-state index in [-0.39, 0.29) is 18.4 Å². The van der Waals surface area contributed by atoms with E-state index in [1.165, 1.54) is 12.0 Å². The van der Waals surface area contributed by atoms with Crippen molar-refractivity contribution in [3.05, 3.63) is 34.9 Å². The molecule has 2 saturated heterocycles. The van der Waals surface area contributed by atoms with Crippen molar-refractivity contribution < 1.29 is 9.59 Å². The van der Waals surface area contributed by atoms with Crippen LogP contribution < -0.4 is 0 Å². The Bertz CT molecular complexity index is 664. The van der Waals surface area contributed by atoms with Crippen molar-refractivity contribution in [2.45, 2.75) is 38.5 Å². The molecule has 28 heavy (non-hydrogen) atoms. The fourth-order valence-electron chi connectivity index (χ4n) is 4.24. The molecule has 0 N–H and O–H groups in total. The van der Waals surface area contributed by atoms with Crippen molar-refractivity contribution in [3.8, 4) is 0 Å². The van der Waals surface area contributed by atoms with E-state index in [0.717, 1.165) is 63.4 Å². The number of likely N-dealkylation sites (tertiary alicyclic amines) is 2. The van der Waals surface area contributed by atoms with Crippen molar-refractivity contribution in [2.24, 2.45) is 5.92 Å². The Morgan fingerprint density at radius 2 is 1.96 bits per heavy atom. The number of amides is 2. The summed E-state index contributed by atoms with van der Waals surface area (Å²) in [5, 5.41) is 0.778. The maximum atomic E-state index is 12.6.